The van der Waals surface area contributed by atoms with E-state index in [1.165, 1.54) is 24.3 Å². The van der Waals surface area contributed by atoms with E-state index < -0.39 is 95.3 Å². The molecule has 2 bridgehead atoms. The number of halogens is 12. The highest BCUT2D eigenvalue weighted by molar-refractivity contribution is 5.88. The van der Waals surface area contributed by atoms with Crippen molar-refractivity contribution in [3.8, 4) is 0 Å². The van der Waals surface area contributed by atoms with Gasteiger partial charge in [0.25, 0.3) is 0 Å². The molecule has 0 N–H and O–H groups in total. The summed E-state index contributed by atoms with van der Waals surface area (Å²) in [5.41, 5.74) is -8.91. The third kappa shape index (κ3) is 5.52. The van der Waals surface area contributed by atoms with Gasteiger partial charge in [0.15, 0.2) is 0 Å². The topological polar surface area (TPSA) is 47.1 Å². The van der Waals surface area contributed by atoms with Crippen LogP contribution in [-0.2, 0) is 37.8 Å². The lowest BCUT2D eigenvalue weighted by atomic mass is 10.0. The number of hydrazine groups is 2. The highest BCUT2D eigenvalue weighted by Crippen LogP contribution is 2.41. The Balaban J connectivity index is 1.62. The van der Waals surface area contributed by atoms with Crippen LogP contribution in [0.2, 0.25) is 0 Å². The molecule has 1 saturated heterocycles. The predicted octanol–water partition coefficient (Wildman–Crippen LogP) is 7.63. The van der Waals surface area contributed by atoms with Crippen LogP contribution in [0.4, 0.5) is 62.3 Å². The molecule has 2 aromatic carbocycles. The Bertz CT molecular complexity index is 1430. The van der Waals surface area contributed by atoms with Crippen molar-refractivity contribution in [1.29, 1.82) is 0 Å². The number of rotatable bonds is 4. The monoisotopic (exact) mass is 644 g/mol. The molecule has 3 aliphatic heterocycles. The molecule has 0 radical (unpaired) electrons. The normalized spacial score (nSPS) is 20.6. The molecule has 6 rings (SSSR count). The molecule has 0 unspecified atom stereocenters. The Morgan fingerprint density at radius 3 is 1.09 bits per heavy atom. The average molecular weight is 644 g/mol. The Labute approximate surface area is 238 Å². The Morgan fingerprint density at radius 2 is 0.818 bits per heavy atom. The van der Waals surface area contributed by atoms with Crippen LogP contribution < -0.4 is 0 Å². The summed E-state index contributed by atoms with van der Waals surface area (Å²) in [5, 5.41) is 2.24. The zero-order chi connectivity index (χ0) is 32.6. The van der Waals surface area contributed by atoms with E-state index in [9.17, 15) is 62.3 Å². The fraction of sp³-hybridized carbons (Fsp3) is 0.308. The molecule has 1 aliphatic carbocycles. The summed E-state index contributed by atoms with van der Waals surface area (Å²) < 4.78 is 163. The third-order valence-corrected chi connectivity index (χ3v) is 7.06. The van der Waals surface area contributed by atoms with Crippen molar-refractivity contribution in [2.24, 2.45) is 0 Å². The molecule has 0 saturated carbocycles. The maximum Gasteiger partial charge on any atom is 0.416 e. The van der Waals surface area contributed by atoms with Crippen LogP contribution in [0.3, 0.4) is 0 Å². The van der Waals surface area contributed by atoms with Crippen molar-refractivity contribution in [3.05, 3.63) is 94.1 Å². The molecule has 44 heavy (non-hydrogen) atoms. The minimum atomic E-state index is -5.40. The number of carbonyl (C=O) groups is 2. The lowest BCUT2D eigenvalue weighted by Gasteiger charge is -2.55. The number of hydrogen-bond acceptors (Lipinski definition) is 2. The van der Waals surface area contributed by atoms with E-state index in [0.29, 0.717) is 34.3 Å². The highest BCUT2D eigenvalue weighted by atomic mass is 19.4. The van der Waals surface area contributed by atoms with Crippen molar-refractivity contribution in [1.82, 2.24) is 20.0 Å². The van der Waals surface area contributed by atoms with Crippen LogP contribution in [0.15, 0.2) is 60.7 Å². The second-order valence-corrected chi connectivity index (χ2v) is 9.86. The molecule has 18 heteroatoms. The summed E-state index contributed by atoms with van der Waals surface area (Å²) in [6.07, 6.45) is -15.4. The van der Waals surface area contributed by atoms with Gasteiger partial charge in [0.1, 0.15) is 0 Å². The van der Waals surface area contributed by atoms with E-state index in [1.807, 2.05) is 0 Å². The molecule has 1 fully saturated rings. The molecule has 236 valence electrons. The minimum Gasteiger partial charge on any atom is -0.244 e. The van der Waals surface area contributed by atoms with E-state index in [1.54, 1.807) is 0 Å². The molecule has 0 spiro atoms. The van der Waals surface area contributed by atoms with Crippen LogP contribution in [-0.4, -0.2) is 44.2 Å². The number of amides is 4. The first kappa shape index (κ1) is 31.1. The molecular weight excluding hydrogens is 628 g/mol. The van der Waals surface area contributed by atoms with Gasteiger partial charge in [-0.2, -0.15) is 52.7 Å². The fourth-order valence-electron chi connectivity index (χ4n) is 5.02. The second-order valence-electron chi connectivity index (χ2n) is 9.86. The average Bonchev–Trinajstić information content (AvgIpc) is 2.91. The first-order valence-corrected chi connectivity index (χ1v) is 12.3. The Morgan fingerprint density at radius 1 is 0.500 bits per heavy atom. The van der Waals surface area contributed by atoms with E-state index in [4.69, 9.17) is 0 Å². The SMILES string of the molecule is O=C1N(Cc2ccc(C(F)(F)F)cc2C(F)(F)F)N(Cc2ccc(C(F)(F)F)cc2C(F)(F)F)C(=O)N2C3C=CC(C=C3)N12. The zero-order valence-electron chi connectivity index (χ0n) is 21.5. The smallest absolute Gasteiger partial charge is 0.244 e. The van der Waals surface area contributed by atoms with Crippen LogP contribution in [0, 0.1) is 0 Å². The minimum absolute atomic E-state index is 0.214. The van der Waals surface area contributed by atoms with Gasteiger partial charge in [0.05, 0.1) is 47.4 Å². The standard InChI is InChI=1S/C26H16F12N4O2/c27-23(28,29)15-3-1-13(19(9-15)25(33,34)35)11-39-21(43)41-17-5-7-18(8-6-17)42(41)22(44)40(39)12-14-2-4-16(24(30,31)32)10-20(14)26(36,37)38/h1-10,17-18H,11-12H2. The van der Waals surface area contributed by atoms with Crippen LogP contribution in [0.25, 0.3) is 0 Å². The maximum atomic E-state index is 13.9. The zero-order valence-corrected chi connectivity index (χ0v) is 21.5. The Hall–Kier alpha value is -4.38. The van der Waals surface area contributed by atoms with Crippen LogP contribution in [0.5, 0.6) is 0 Å². The van der Waals surface area contributed by atoms with Gasteiger partial charge in [-0.25, -0.2) is 29.6 Å². The number of benzene rings is 2. The number of alkyl halides is 12. The second kappa shape index (κ2) is 10.1. The summed E-state index contributed by atoms with van der Waals surface area (Å²) in [7, 11) is 0. The maximum absolute atomic E-state index is 13.9. The highest BCUT2D eigenvalue weighted by Gasteiger charge is 2.51. The Kier molecular flexibility index (Phi) is 7.12. The fourth-order valence-corrected chi connectivity index (χ4v) is 5.02. The molecular formula is C26H16F12N4O2. The number of carbonyl (C=O) groups excluding carboxylic acids is 2. The van der Waals surface area contributed by atoms with Crippen LogP contribution in [0.1, 0.15) is 33.4 Å². The van der Waals surface area contributed by atoms with Gasteiger partial charge in [-0.15, -0.1) is 0 Å². The van der Waals surface area contributed by atoms with Gasteiger partial charge in [-0.05, 0) is 35.4 Å². The third-order valence-electron chi connectivity index (χ3n) is 7.06. The molecule has 0 atom stereocenters. The van der Waals surface area contributed by atoms with E-state index >= 15 is 0 Å². The van der Waals surface area contributed by atoms with Crippen molar-refractivity contribution < 1.29 is 62.3 Å². The van der Waals surface area contributed by atoms with Crippen molar-refractivity contribution >= 4 is 12.1 Å². The predicted molar refractivity (Wildman–Crippen MR) is 124 cm³/mol. The van der Waals surface area contributed by atoms with Crippen molar-refractivity contribution in [2.75, 3.05) is 0 Å². The summed E-state index contributed by atoms with van der Waals surface area (Å²) in [6, 6.07) is -3.39. The van der Waals surface area contributed by atoms with Gasteiger partial charge in [-0.1, -0.05) is 36.4 Å². The first-order valence-electron chi connectivity index (χ1n) is 12.3. The summed E-state index contributed by atoms with van der Waals surface area (Å²) in [6.45, 7) is -2.48. The van der Waals surface area contributed by atoms with Crippen molar-refractivity contribution in [2.45, 2.75) is 49.9 Å². The summed E-state index contributed by atoms with van der Waals surface area (Å²) in [4.78, 5) is 27.3. The molecule has 4 amide bonds. The molecule has 6 nitrogen and oxygen atoms in total. The first-order chi connectivity index (χ1) is 20.2. The van der Waals surface area contributed by atoms with E-state index in [2.05, 4.69) is 0 Å². The quantitative estimate of drug-likeness (QED) is 0.254. The van der Waals surface area contributed by atoms with Gasteiger partial charge < -0.3 is 0 Å². The number of hydrogen-bond donors (Lipinski definition) is 0. The molecule has 3 heterocycles. The largest absolute Gasteiger partial charge is 0.416 e. The lowest BCUT2D eigenvalue weighted by Crippen LogP contribution is -2.73. The molecule has 0 aromatic heterocycles. The van der Waals surface area contributed by atoms with E-state index in [-0.39, 0.29) is 12.1 Å². The van der Waals surface area contributed by atoms with Gasteiger partial charge in [0, 0.05) is 0 Å². The van der Waals surface area contributed by atoms with Crippen LogP contribution >= 0.6 is 0 Å². The number of urea groups is 2. The van der Waals surface area contributed by atoms with Crippen molar-refractivity contribution in [3.63, 3.8) is 0 Å². The van der Waals surface area contributed by atoms with Gasteiger partial charge in [0.2, 0.25) is 0 Å². The number of nitrogens with zero attached hydrogens (tertiary/aromatic N) is 4. The molecule has 4 aliphatic rings. The van der Waals surface area contributed by atoms with Gasteiger partial charge >= 0.3 is 36.8 Å². The summed E-state index contributed by atoms with van der Waals surface area (Å²) in [5.74, 6) is 0. The van der Waals surface area contributed by atoms with Gasteiger partial charge in [-0.3, -0.25) is 0 Å². The lowest BCUT2D eigenvalue weighted by molar-refractivity contribution is -0.146. The van der Waals surface area contributed by atoms with E-state index in [0.717, 1.165) is 10.0 Å². The molecule has 2 aromatic rings. The summed E-state index contributed by atoms with van der Waals surface area (Å²) >= 11 is 0.